The van der Waals surface area contributed by atoms with Crippen LogP contribution in [0.15, 0.2) is 23.1 Å². The third-order valence-corrected chi connectivity index (χ3v) is 5.60. The SMILES string of the molecule is Cc1c(N)cccc1S(=O)C1CCCCCC1. The molecule has 1 aliphatic carbocycles. The second-order valence-corrected chi connectivity index (χ2v) is 6.58. The van der Waals surface area contributed by atoms with Gasteiger partial charge in [-0.2, -0.15) is 0 Å². The lowest BCUT2D eigenvalue weighted by Crippen LogP contribution is -2.15. The van der Waals surface area contributed by atoms with E-state index in [1.165, 1.54) is 25.7 Å². The van der Waals surface area contributed by atoms with Crippen LogP contribution < -0.4 is 5.73 Å². The van der Waals surface area contributed by atoms with Crippen LogP contribution in [0.3, 0.4) is 0 Å². The quantitative estimate of drug-likeness (QED) is 0.646. The number of anilines is 1. The Morgan fingerprint density at radius 1 is 1.18 bits per heavy atom. The average molecular weight is 251 g/mol. The number of rotatable bonds is 2. The summed E-state index contributed by atoms with van der Waals surface area (Å²) in [4.78, 5) is 0.942. The van der Waals surface area contributed by atoms with Gasteiger partial charge in [-0.25, -0.2) is 0 Å². The van der Waals surface area contributed by atoms with Crippen LogP contribution in [0.25, 0.3) is 0 Å². The zero-order valence-electron chi connectivity index (χ0n) is 10.4. The van der Waals surface area contributed by atoms with Crippen molar-refractivity contribution in [2.75, 3.05) is 5.73 Å². The summed E-state index contributed by atoms with van der Waals surface area (Å²) in [7, 11) is -0.883. The minimum Gasteiger partial charge on any atom is -0.398 e. The van der Waals surface area contributed by atoms with Gasteiger partial charge in [0.15, 0.2) is 0 Å². The van der Waals surface area contributed by atoms with Crippen LogP contribution in [0.1, 0.15) is 44.1 Å². The molecule has 94 valence electrons. The molecule has 3 heteroatoms. The highest BCUT2D eigenvalue weighted by Crippen LogP contribution is 2.28. The van der Waals surface area contributed by atoms with Gasteiger partial charge in [0.1, 0.15) is 0 Å². The van der Waals surface area contributed by atoms with Crippen LogP contribution in [-0.4, -0.2) is 9.46 Å². The van der Waals surface area contributed by atoms with E-state index in [1.54, 1.807) is 0 Å². The molecule has 1 saturated carbocycles. The zero-order chi connectivity index (χ0) is 12.3. The number of benzene rings is 1. The van der Waals surface area contributed by atoms with Gasteiger partial charge in [0, 0.05) is 15.8 Å². The van der Waals surface area contributed by atoms with E-state index in [2.05, 4.69) is 0 Å². The highest BCUT2D eigenvalue weighted by atomic mass is 32.2. The summed E-state index contributed by atoms with van der Waals surface area (Å²) >= 11 is 0. The molecule has 1 unspecified atom stereocenters. The standard InChI is InChI=1S/C14H21NOS/c1-11-13(15)9-6-10-14(11)17(16)12-7-4-2-3-5-8-12/h6,9-10,12H,2-5,7-8,15H2,1H3. The zero-order valence-corrected chi connectivity index (χ0v) is 11.3. The Kier molecular flexibility index (Phi) is 4.21. The minimum atomic E-state index is -0.883. The first-order valence-corrected chi connectivity index (χ1v) is 7.67. The van der Waals surface area contributed by atoms with E-state index < -0.39 is 10.8 Å². The summed E-state index contributed by atoms with van der Waals surface area (Å²) in [5.41, 5.74) is 7.63. The molecule has 1 fully saturated rings. The summed E-state index contributed by atoms with van der Waals surface area (Å²) in [6, 6.07) is 5.75. The van der Waals surface area contributed by atoms with Crippen LogP contribution in [-0.2, 0) is 10.8 Å². The molecule has 2 rings (SSSR count). The lowest BCUT2D eigenvalue weighted by Gasteiger charge is -2.16. The second kappa shape index (κ2) is 5.67. The Hall–Kier alpha value is -0.830. The van der Waals surface area contributed by atoms with Gasteiger partial charge < -0.3 is 5.73 Å². The third-order valence-electron chi connectivity index (χ3n) is 3.65. The summed E-state index contributed by atoms with van der Waals surface area (Å²) < 4.78 is 12.6. The van der Waals surface area contributed by atoms with Gasteiger partial charge in [0.05, 0.1) is 10.8 Å². The van der Waals surface area contributed by atoms with Crippen LogP contribution in [0.2, 0.25) is 0 Å². The fraction of sp³-hybridized carbons (Fsp3) is 0.571. The van der Waals surface area contributed by atoms with Gasteiger partial charge in [-0.15, -0.1) is 0 Å². The summed E-state index contributed by atoms with van der Waals surface area (Å²) in [6.45, 7) is 1.97. The number of nitrogen functional groups attached to an aromatic ring is 1. The summed E-state index contributed by atoms with van der Waals surface area (Å²) in [5, 5.41) is 0.331. The van der Waals surface area contributed by atoms with Crippen molar-refractivity contribution in [1.82, 2.24) is 0 Å². The highest BCUT2D eigenvalue weighted by Gasteiger charge is 2.21. The van der Waals surface area contributed by atoms with Gasteiger partial charge in [-0.05, 0) is 37.5 Å². The Morgan fingerprint density at radius 2 is 1.82 bits per heavy atom. The van der Waals surface area contributed by atoms with Gasteiger partial charge in [-0.3, -0.25) is 4.21 Å². The predicted octanol–water partition coefficient (Wildman–Crippen LogP) is 3.41. The monoisotopic (exact) mass is 251 g/mol. The van der Waals surface area contributed by atoms with Crippen LogP contribution in [0.4, 0.5) is 5.69 Å². The van der Waals surface area contributed by atoms with E-state index in [-0.39, 0.29) is 0 Å². The largest absolute Gasteiger partial charge is 0.398 e. The van der Waals surface area contributed by atoms with Crippen molar-refractivity contribution in [3.63, 3.8) is 0 Å². The molecule has 2 nitrogen and oxygen atoms in total. The van der Waals surface area contributed by atoms with Crippen LogP contribution in [0.5, 0.6) is 0 Å². The smallest absolute Gasteiger partial charge is 0.0564 e. The van der Waals surface area contributed by atoms with E-state index in [1.807, 2.05) is 25.1 Å². The molecule has 1 atom stereocenters. The number of hydrogen-bond donors (Lipinski definition) is 1. The van der Waals surface area contributed by atoms with Gasteiger partial charge in [0.25, 0.3) is 0 Å². The normalized spacial score (nSPS) is 19.8. The lowest BCUT2D eigenvalue weighted by molar-refractivity contribution is 0.642. The topological polar surface area (TPSA) is 43.1 Å². The van der Waals surface area contributed by atoms with Crippen molar-refractivity contribution >= 4 is 16.5 Å². The molecular formula is C14H21NOS. The molecular weight excluding hydrogens is 230 g/mol. The first-order chi connectivity index (χ1) is 8.20. The van der Waals surface area contributed by atoms with Crippen molar-refractivity contribution in [3.8, 4) is 0 Å². The van der Waals surface area contributed by atoms with Crippen LogP contribution >= 0.6 is 0 Å². The summed E-state index contributed by atoms with van der Waals surface area (Å²) in [5.74, 6) is 0. The molecule has 0 radical (unpaired) electrons. The molecule has 17 heavy (non-hydrogen) atoms. The third kappa shape index (κ3) is 2.89. The maximum atomic E-state index is 12.6. The van der Waals surface area contributed by atoms with Crippen molar-refractivity contribution in [2.24, 2.45) is 0 Å². The fourth-order valence-corrected chi connectivity index (χ4v) is 4.24. The van der Waals surface area contributed by atoms with Gasteiger partial charge in [-0.1, -0.05) is 31.7 Å². The Balaban J connectivity index is 2.20. The van der Waals surface area contributed by atoms with E-state index in [4.69, 9.17) is 5.73 Å². The Labute approximate surface area is 106 Å². The van der Waals surface area contributed by atoms with E-state index in [0.29, 0.717) is 5.25 Å². The maximum absolute atomic E-state index is 12.6. The van der Waals surface area contributed by atoms with Crippen LogP contribution in [0, 0.1) is 6.92 Å². The molecule has 0 aliphatic heterocycles. The summed E-state index contributed by atoms with van der Waals surface area (Å²) in [6.07, 6.45) is 7.23. The molecule has 1 aromatic carbocycles. The predicted molar refractivity (Wildman–Crippen MR) is 73.5 cm³/mol. The molecule has 0 saturated heterocycles. The molecule has 0 aromatic heterocycles. The first kappa shape index (κ1) is 12.6. The van der Waals surface area contributed by atoms with Crippen molar-refractivity contribution in [1.29, 1.82) is 0 Å². The second-order valence-electron chi connectivity index (χ2n) is 4.88. The van der Waals surface area contributed by atoms with E-state index >= 15 is 0 Å². The fourth-order valence-electron chi connectivity index (χ4n) is 2.48. The minimum absolute atomic E-state index is 0.331. The molecule has 1 aliphatic rings. The number of nitrogens with two attached hydrogens (primary N) is 1. The van der Waals surface area contributed by atoms with Crippen molar-refractivity contribution < 1.29 is 4.21 Å². The molecule has 0 heterocycles. The van der Waals surface area contributed by atoms with Gasteiger partial charge >= 0.3 is 0 Å². The first-order valence-electron chi connectivity index (χ1n) is 6.46. The Morgan fingerprint density at radius 3 is 2.47 bits per heavy atom. The van der Waals surface area contributed by atoms with Crippen molar-refractivity contribution in [3.05, 3.63) is 23.8 Å². The average Bonchev–Trinajstić information content (AvgIpc) is 2.60. The highest BCUT2D eigenvalue weighted by molar-refractivity contribution is 7.85. The molecule has 0 bridgehead atoms. The molecule has 0 spiro atoms. The Bertz CT molecular complexity index is 409. The lowest BCUT2D eigenvalue weighted by atomic mass is 10.2. The maximum Gasteiger partial charge on any atom is 0.0564 e. The number of hydrogen-bond acceptors (Lipinski definition) is 2. The molecule has 2 N–H and O–H groups in total. The molecule has 1 aromatic rings. The van der Waals surface area contributed by atoms with Gasteiger partial charge in [0.2, 0.25) is 0 Å². The van der Waals surface area contributed by atoms with E-state index in [0.717, 1.165) is 29.0 Å². The van der Waals surface area contributed by atoms with Crippen molar-refractivity contribution in [2.45, 2.75) is 55.6 Å². The molecule has 0 amide bonds. The van der Waals surface area contributed by atoms with E-state index in [9.17, 15) is 4.21 Å².